The fraction of sp³-hybridized carbons (Fsp3) is 0.282. The molecular formula is C39H42FN3O3. The highest BCUT2D eigenvalue weighted by molar-refractivity contribution is 5.95. The van der Waals surface area contributed by atoms with Gasteiger partial charge >= 0.3 is 0 Å². The molecule has 1 aliphatic heterocycles. The van der Waals surface area contributed by atoms with Gasteiger partial charge in [-0.25, -0.2) is 4.39 Å². The Hall–Kier alpha value is -4.75. The second-order valence-electron chi connectivity index (χ2n) is 11.7. The summed E-state index contributed by atoms with van der Waals surface area (Å²) in [5, 5.41) is 0. The Kier molecular flexibility index (Phi) is 11.4. The van der Waals surface area contributed by atoms with Crippen LogP contribution in [0.1, 0.15) is 34.7 Å². The molecule has 1 heterocycles. The molecule has 5 rings (SSSR count). The van der Waals surface area contributed by atoms with E-state index < -0.39 is 11.9 Å². The molecule has 238 valence electrons. The molecule has 0 spiro atoms. The van der Waals surface area contributed by atoms with Crippen molar-refractivity contribution in [3.05, 3.63) is 143 Å². The van der Waals surface area contributed by atoms with Crippen molar-refractivity contribution < 1.29 is 18.7 Å². The third kappa shape index (κ3) is 8.70. The summed E-state index contributed by atoms with van der Waals surface area (Å²) in [5.74, 6) is -0.745. The highest BCUT2D eigenvalue weighted by Gasteiger charge is 2.34. The van der Waals surface area contributed by atoms with Crippen molar-refractivity contribution in [3.63, 3.8) is 0 Å². The second kappa shape index (κ2) is 16.0. The lowest BCUT2D eigenvalue weighted by Gasteiger charge is -2.39. The van der Waals surface area contributed by atoms with Crippen molar-refractivity contribution in [3.8, 4) is 5.75 Å². The Labute approximate surface area is 271 Å². The molecule has 0 unspecified atom stereocenters. The van der Waals surface area contributed by atoms with E-state index in [-0.39, 0.29) is 24.1 Å². The normalized spacial score (nSPS) is 14.3. The van der Waals surface area contributed by atoms with Gasteiger partial charge in [0.1, 0.15) is 6.04 Å². The molecule has 0 N–H and O–H groups in total. The monoisotopic (exact) mass is 619 g/mol. The van der Waals surface area contributed by atoms with Crippen LogP contribution in [0.5, 0.6) is 5.75 Å². The highest BCUT2D eigenvalue weighted by Crippen LogP contribution is 2.21. The van der Waals surface area contributed by atoms with Crippen molar-refractivity contribution in [1.82, 2.24) is 14.7 Å². The van der Waals surface area contributed by atoms with Gasteiger partial charge in [0.2, 0.25) is 11.8 Å². The van der Waals surface area contributed by atoms with Crippen LogP contribution >= 0.6 is 0 Å². The summed E-state index contributed by atoms with van der Waals surface area (Å²) in [6, 6.07) is 32.2. The number of hydrogen-bond acceptors (Lipinski definition) is 4. The number of aryl methyl sites for hydroxylation is 1. The average Bonchev–Trinajstić information content (AvgIpc) is 3.10. The lowest BCUT2D eigenvalue weighted by molar-refractivity contribution is -0.145. The van der Waals surface area contributed by atoms with Gasteiger partial charge in [0.05, 0.1) is 7.11 Å². The van der Waals surface area contributed by atoms with Gasteiger partial charge < -0.3 is 14.5 Å². The van der Waals surface area contributed by atoms with E-state index in [1.807, 2.05) is 65.6 Å². The summed E-state index contributed by atoms with van der Waals surface area (Å²) in [6.07, 6.45) is 4.32. The van der Waals surface area contributed by atoms with Crippen LogP contribution in [0.4, 0.5) is 4.39 Å². The van der Waals surface area contributed by atoms with Crippen LogP contribution in [0.25, 0.3) is 6.08 Å². The van der Waals surface area contributed by atoms with Crippen molar-refractivity contribution >= 4 is 17.9 Å². The van der Waals surface area contributed by atoms with Crippen molar-refractivity contribution in [2.75, 3.05) is 33.3 Å². The van der Waals surface area contributed by atoms with Crippen molar-refractivity contribution in [2.24, 2.45) is 0 Å². The fourth-order valence-corrected chi connectivity index (χ4v) is 5.82. The Bertz CT molecular complexity index is 1600. The first-order valence-corrected chi connectivity index (χ1v) is 15.9. The van der Waals surface area contributed by atoms with Gasteiger partial charge in [-0.1, -0.05) is 97.9 Å². The zero-order valence-corrected chi connectivity index (χ0v) is 26.6. The SMILES string of the molecule is CCc1ccc(CN(C(=O)/C=C/c2ccc(OC)c(F)c2)[C@@H](Cc2ccccc2)C(=O)N2CCN(Cc3ccccc3)CC2)cc1. The number of benzene rings is 4. The van der Waals surface area contributed by atoms with Crippen LogP contribution in [0.15, 0.2) is 109 Å². The van der Waals surface area contributed by atoms with Gasteiger partial charge in [0.15, 0.2) is 11.6 Å². The number of piperazine rings is 1. The van der Waals surface area contributed by atoms with Crippen LogP contribution in [0.2, 0.25) is 0 Å². The zero-order valence-electron chi connectivity index (χ0n) is 26.6. The predicted molar refractivity (Wildman–Crippen MR) is 181 cm³/mol. The molecule has 1 fully saturated rings. The third-order valence-corrected chi connectivity index (χ3v) is 8.53. The number of methoxy groups -OCH3 is 1. The molecule has 6 nitrogen and oxygen atoms in total. The van der Waals surface area contributed by atoms with Crippen LogP contribution in [0.3, 0.4) is 0 Å². The van der Waals surface area contributed by atoms with E-state index >= 15 is 0 Å². The van der Waals surface area contributed by atoms with E-state index in [1.165, 1.54) is 36.4 Å². The minimum Gasteiger partial charge on any atom is -0.494 e. The third-order valence-electron chi connectivity index (χ3n) is 8.53. The maximum absolute atomic E-state index is 14.4. The Morgan fingerprint density at radius 2 is 1.46 bits per heavy atom. The molecule has 1 atom stereocenters. The van der Waals surface area contributed by atoms with Gasteiger partial charge in [-0.15, -0.1) is 0 Å². The van der Waals surface area contributed by atoms with E-state index in [0.29, 0.717) is 25.1 Å². The summed E-state index contributed by atoms with van der Waals surface area (Å²) >= 11 is 0. The van der Waals surface area contributed by atoms with Gasteiger partial charge in [-0.2, -0.15) is 0 Å². The lowest BCUT2D eigenvalue weighted by Crippen LogP contribution is -2.56. The number of carbonyl (C=O) groups excluding carboxylic acids is 2. The summed E-state index contributed by atoms with van der Waals surface area (Å²) in [7, 11) is 1.41. The van der Waals surface area contributed by atoms with Gasteiger partial charge in [-0.05, 0) is 52.4 Å². The van der Waals surface area contributed by atoms with E-state index in [0.717, 1.165) is 37.2 Å². The number of hydrogen-bond donors (Lipinski definition) is 0. The maximum Gasteiger partial charge on any atom is 0.247 e. The van der Waals surface area contributed by atoms with Gasteiger partial charge in [-0.3, -0.25) is 14.5 Å². The van der Waals surface area contributed by atoms with Gasteiger partial charge in [0.25, 0.3) is 0 Å². The smallest absolute Gasteiger partial charge is 0.247 e. The Morgan fingerprint density at radius 1 is 0.826 bits per heavy atom. The first kappa shape index (κ1) is 32.6. The highest BCUT2D eigenvalue weighted by atomic mass is 19.1. The van der Waals surface area contributed by atoms with Crippen molar-refractivity contribution in [1.29, 1.82) is 0 Å². The van der Waals surface area contributed by atoms with Gasteiger partial charge in [0, 0.05) is 51.8 Å². The number of rotatable bonds is 12. The molecule has 0 aromatic heterocycles. The first-order valence-electron chi connectivity index (χ1n) is 15.9. The minimum absolute atomic E-state index is 0.0642. The second-order valence-corrected chi connectivity index (χ2v) is 11.7. The molecule has 0 radical (unpaired) electrons. The van der Waals surface area contributed by atoms with Crippen LogP contribution in [-0.2, 0) is 35.5 Å². The standard InChI is InChI=1S/C39H42FN3O3/c1-3-30-14-16-34(17-15-30)29-43(38(44)21-19-32-18-20-37(46-2)35(40)26-32)36(27-31-10-6-4-7-11-31)39(45)42-24-22-41(23-25-42)28-33-12-8-5-9-13-33/h4-21,26,36H,3,22-25,27-29H2,1-2H3/b21-19+/t36-/m0/s1. The zero-order chi connectivity index (χ0) is 32.3. The number of ether oxygens (including phenoxy) is 1. The van der Waals surface area contributed by atoms with Crippen molar-refractivity contribution in [2.45, 2.75) is 38.9 Å². The number of amides is 2. The van der Waals surface area contributed by atoms with E-state index in [9.17, 15) is 14.0 Å². The maximum atomic E-state index is 14.4. The number of nitrogens with zero attached hydrogens (tertiary/aromatic N) is 3. The molecule has 1 aliphatic rings. The topological polar surface area (TPSA) is 53.1 Å². The summed E-state index contributed by atoms with van der Waals surface area (Å²) in [5.41, 5.74) is 4.89. The minimum atomic E-state index is -0.723. The molecule has 46 heavy (non-hydrogen) atoms. The molecule has 7 heteroatoms. The lowest BCUT2D eigenvalue weighted by atomic mass is 10.0. The Balaban J connectivity index is 1.41. The number of carbonyl (C=O) groups is 2. The molecule has 0 bridgehead atoms. The van der Waals surface area contributed by atoms with Crippen LogP contribution < -0.4 is 4.74 Å². The summed E-state index contributed by atoms with van der Waals surface area (Å²) in [6.45, 7) is 5.90. The first-order chi connectivity index (χ1) is 22.4. The summed E-state index contributed by atoms with van der Waals surface area (Å²) < 4.78 is 19.4. The molecule has 0 aliphatic carbocycles. The molecule has 2 amide bonds. The molecular weight excluding hydrogens is 577 g/mol. The Morgan fingerprint density at radius 3 is 2.07 bits per heavy atom. The van der Waals surface area contributed by atoms with E-state index in [2.05, 4.69) is 36.1 Å². The molecule has 1 saturated heterocycles. The predicted octanol–water partition coefficient (Wildman–Crippen LogP) is 6.39. The van der Waals surface area contributed by atoms with E-state index in [4.69, 9.17) is 4.74 Å². The fourth-order valence-electron chi connectivity index (χ4n) is 5.82. The van der Waals surface area contributed by atoms with Crippen LogP contribution in [-0.4, -0.2) is 65.8 Å². The molecule has 0 saturated carbocycles. The average molecular weight is 620 g/mol. The largest absolute Gasteiger partial charge is 0.494 e. The molecule has 4 aromatic carbocycles. The molecule has 4 aromatic rings. The van der Waals surface area contributed by atoms with E-state index in [1.54, 1.807) is 17.0 Å². The quantitative estimate of drug-likeness (QED) is 0.173. The summed E-state index contributed by atoms with van der Waals surface area (Å²) in [4.78, 5) is 34.4. The number of halogens is 1. The van der Waals surface area contributed by atoms with Crippen LogP contribution in [0, 0.1) is 5.82 Å².